The van der Waals surface area contributed by atoms with Gasteiger partial charge in [-0.05, 0) is 99.2 Å². The van der Waals surface area contributed by atoms with Gasteiger partial charge in [0.2, 0.25) is 0 Å². The van der Waals surface area contributed by atoms with Gasteiger partial charge in [-0.2, -0.15) is 0 Å². The summed E-state index contributed by atoms with van der Waals surface area (Å²) in [6.07, 6.45) is 25.5. The molecule has 0 bridgehead atoms. The molecule has 4 rings (SSSR count). The van der Waals surface area contributed by atoms with Crippen LogP contribution in [-0.4, -0.2) is 3.92 Å². The first-order valence-electron chi connectivity index (χ1n) is 11.3. The van der Waals surface area contributed by atoms with Gasteiger partial charge in [0.25, 0.3) is 0 Å². The van der Waals surface area contributed by atoms with Crippen molar-refractivity contribution >= 4 is 22.6 Å². The van der Waals surface area contributed by atoms with Gasteiger partial charge in [0, 0.05) is 3.92 Å². The zero-order valence-corrected chi connectivity index (χ0v) is 18.9. The van der Waals surface area contributed by atoms with Crippen molar-refractivity contribution in [1.82, 2.24) is 0 Å². The highest BCUT2D eigenvalue weighted by molar-refractivity contribution is 14.1. The molecule has 0 amide bonds. The zero-order chi connectivity index (χ0) is 18.1. The van der Waals surface area contributed by atoms with Gasteiger partial charge < -0.3 is 0 Å². The van der Waals surface area contributed by atoms with Crippen molar-refractivity contribution in [3.8, 4) is 0 Å². The average Bonchev–Trinajstić information content (AvgIpc) is 2.67. The molecular formula is C25H37I. The fourth-order valence-electron chi connectivity index (χ4n) is 6.40. The fourth-order valence-corrected chi connectivity index (χ4v) is 7.35. The van der Waals surface area contributed by atoms with Gasteiger partial charge in [0.1, 0.15) is 0 Å². The molecule has 2 fully saturated rings. The molecule has 4 aliphatic rings. The maximum atomic E-state index is 2.67. The summed E-state index contributed by atoms with van der Waals surface area (Å²) >= 11 is 2.67. The second kappa shape index (κ2) is 8.53. The molecule has 4 aliphatic carbocycles. The lowest BCUT2D eigenvalue weighted by atomic mass is 9.59. The third-order valence-electron chi connectivity index (χ3n) is 8.20. The Morgan fingerprint density at radius 3 is 2.88 bits per heavy atom. The van der Waals surface area contributed by atoms with Crippen LogP contribution in [0.1, 0.15) is 71.6 Å². The highest BCUT2D eigenvalue weighted by Crippen LogP contribution is 2.50. The minimum Gasteiger partial charge on any atom is -0.0882 e. The topological polar surface area (TPSA) is 0 Å². The Bertz CT molecular complexity index is 571. The van der Waals surface area contributed by atoms with Gasteiger partial charge in [-0.25, -0.2) is 0 Å². The summed E-state index contributed by atoms with van der Waals surface area (Å²) in [6.45, 7) is 4.91. The molecule has 4 unspecified atom stereocenters. The Morgan fingerprint density at radius 2 is 2.00 bits per heavy atom. The Kier molecular flexibility index (Phi) is 6.33. The highest BCUT2D eigenvalue weighted by atomic mass is 127. The van der Waals surface area contributed by atoms with Gasteiger partial charge in [-0.15, -0.1) is 0 Å². The molecule has 8 atom stereocenters. The number of hydrogen-bond acceptors (Lipinski definition) is 0. The number of hydrogen-bond donors (Lipinski definition) is 0. The number of fused-ring (bicyclic) bond motifs is 3. The van der Waals surface area contributed by atoms with E-state index in [1.165, 1.54) is 57.8 Å². The summed E-state index contributed by atoms with van der Waals surface area (Å²) in [5, 5.41) is 0. The standard InChI is InChI=1S/C25H37I/c1-17(7-9-21-16-23(26)13-8-18(21)2)20-12-14-25-22(15-20)11-10-19-5-3-4-6-24(19)25/h3,5,7,9,12,17-19,21-25H,4,6,8,10-11,13-16H2,1-2H3/b9-7-/t17?,18-,19-,21?,22?,23+,24?,25+/m1/s1. The Labute approximate surface area is 175 Å². The number of rotatable bonds is 3. The summed E-state index contributed by atoms with van der Waals surface area (Å²) in [7, 11) is 0. The molecule has 0 aromatic heterocycles. The second-order valence-corrected chi connectivity index (χ2v) is 11.5. The summed E-state index contributed by atoms with van der Waals surface area (Å²) in [4.78, 5) is 0. The number of alkyl halides is 1. The average molecular weight is 464 g/mol. The molecule has 26 heavy (non-hydrogen) atoms. The minimum absolute atomic E-state index is 0.654. The molecule has 0 N–H and O–H groups in total. The molecule has 0 heterocycles. The van der Waals surface area contributed by atoms with Gasteiger partial charge in [-0.3, -0.25) is 0 Å². The van der Waals surface area contributed by atoms with E-state index in [9.17, 15) is 0 Å². The van der Waals surface area contributed by atoms with Gasteiger partial charge in [-0.1, -0.05) is 72.4 Å². The van der Waals surface area contributed by atoms with Crippen molar-refractivity contribution in [2.45, 2.75) is 75.6 Å². The molecule has 0 saturated heterocycles. The SMILES string of the molecule is CC(/C=C\C1C[C@@H](I)CC[C@H]1C)C1=CC[C@H]2C(CC[C@H]3C=CCCC23)C1. The van der Waals surface area contributed by atoms with E-state index in [4.69, 9.17) is 0 Å². The van der Waals surface area contributed by atoms with Crippen LogP contribution in [0.4, 0.5) is 0 Å². The van der Waals surface area contributed by atoms with Crippen molar-refractivity contribution in [1.29, 1.82) is 0 Å². The van der Waals surface area contributed by atoms with Crippen LogP contribution in [-0.2, 0) is 0 Å². The maximum absolute atomic E-state index is 2.67. The van der Waals surface area contributed by atoms with Crippen LogP contribution in [0.25, 0.3) is 0 Å². The molecule has 144 valence electrons. The third-order valence-corrected chi connectivity index (χ3v) is 9.33. The van der Waals surface area contributed by atoms with E-state index in [-0.39, 0.29) is 0 Å². The predicted molar refractivity (Wildman–Crippen MR) is 122 cm³/mol. The summed E-state index contributed by atoms with van der Waals surface area (Å²) < 4.78 is 0.892. The van der Waals surface area contributed by atoms with Crippen LogP contribution in [0, 0.1) is 41.4 Å². The lowest BCUT2D eigenvalue weighted by molar-refractivity contribution is 0.0940. The van der Waals surface area contributed by atoms with Crippen molar-refractivity contribution in [3.05, 3.63) is 36.0 Å². The normalized spacial score (nSPS) is 44.3. The molecule has 0 aromatic rings. The third kappa shape index (κ3) is 4.18. The molecule has 0 aliphatic heterocycles. The van der Waals surface area contributed by atoms with E-state index < -0.39 is 0 Å². The van der Waals surface area contributed by atoms with Crippen LogP contribution in [0.5, 0.6) is 0 Å². The fraction of sp³-hybridized carbons (Fsp3) is 0.760. The van der Waals surface area contributed by atoms with Crippen LogP contribution in [0.2, 0.25) is 0 Å². The number of allylic oxidation sites excluding steroid dienone is 6. The van der Waals surface area contributed by atoms with Gasteiger partial charge in [0.05, 0.1) is 0 Å². The van der Waals surface area contributed by atoms with Crippen LogP contribution < -0.4 is 0 Å². The Balaban J connectivity index is 1.38. The van der Waals surface area contributed by atoms with Crippen LogP contribution >= 0.6 is 22.6 Å². The zero-order valence-electron chi connectivity index (χ0n) is 16.7. The Morgan fingerprint density at radius 1 is 1.12 bits per heavy atom. The minimum atomic E-state index is 0.654. The second-order valence-electron chi connectivity index (χ2n) is 9.78. The largest absolute Gasteiger partial charge is 0.0882 e. The van der Waals surface area contributed by atoms with Crippen molar-refractivity contribution < 1.29 is 0 Å². The van der Waals surface area contributed by atoms with Crippen molar-refractivity contribution in [2.75, 3.05) is 0 Å². The first-order chi connectivity index (χ1) is 12.6. The first-order valence-corrected chi connectivity index (χ1v) is 12.5. The quantitative estimate of drug-likeness (QED) is 0.228. The lowest BCUT2D eigenvalue weighted by Crippen LogP contribution is -2.37. The molecule has 1 heteroatoms. The Hall–Kier alpha value is -0.0500. The monoisotopic (exact) mass is 464 g/mol. The van der Waals surface area contributed by atoms with Gasteiger partial charge in [0.15, 0.2) is 0 Å². The number of halogens is 1. The molecule has 0 radical (unpaired) electrons. The molecule has 0 aromatic carbocycles. The van der Waals surface area contributed by atoms with E-state index >= 15 is 0 Å². The smallest absolute Gasteiger partial charge is 0.0115 e. The predicted octanol–water partition coefficient (Wildman–Crippen LogP) is 7.75. The maximum Gasteiger partial charge on any atom is 0.0115 e. The van der Waals surface area contributed by atoms with E-state index in [0.29, 0.717) is 5.92 Å². The molecule has 0 nitrogen and oxygen atoms in total. The van der Waals surface area contributed by atoms with Crippen LogP contribution in [0.15, 0.2) is 36.0 Å². The van der Waals surface area contributed by atoms with E-state index in [0.717, 1.165) is 39.4 Å². The summed E-state index contributed by atoms with van der Waals surface area (Å²) in [5.41, 5.74) is 1.75. The first kappa shape index (κ1) is 19.3. The van der Waals surface area contributed by atoms with Crippen molar-refractivity contribution in [3.63, 3.8) is 0 Å². The van der Waals surface area contributed by atoms with Gasteiger partial charge >= 0.3 is 0 Å². The summed E-state index contributed by atoms with van der Waals surface area (Å²) in [5.74, 6) is 6.21. The lowest BCUT2D eigenvalue weighted by Gasteiger charge is -2.46. The molecule has 0 spiro atoms. The van der Waals surface area contributed by atoms with E-state index in [1.54, 1.807) is 5.57 Å². The highest BCUT2D eigenvalue weighted by Gasteiger charge is 2.40. The summed E-state index contributed by atoms with van der Waals surface area (Å²) in [6, 6.07) is 0. The molecule has 2 saturated carbocycles. The van der Waals surface area contributed by atoms with Crippen LogP contribution in [0.3, 0.4) is 0 Å². The van der Waals surface area contributed by atoms with Crippen molar-refractivity contribution in [2.24, 2.45) is 41.4 Å². The van der Waals surface area contributed by atoms with E-state index in [2.05, 4.69) is 66.8 Å². The molecular weight excluding hydrogens is 427 g/mol. The van der Waals surface area contributed by atoms with E-state index in [1.807, 2.05) is 0 Å².